The summed E-state index contributed by atoms with van der Waals surface area (Å²) < 4.78 is 5.47. The minimum atomic E-state index is -0.601. The molecule has 0 aliphatic heterocycles. The number of benzene rings is 1. The Bertz CT molecular complexity index is 886. The Morgan fingerprint density at radius 1 is 1.19 bits per heavy atom. The predicted molar refractivity (Wildman–Crippen MR) is 102 cm³/mol. The van der Waals surface area contributed by atoms with E-state index in [1.165, 1.54) is 5.57 Å². The average molecular weight is 366 g/mol. The lowest BCUT2D eigenvalue weighted by molar-refractivity contribution is -0.143. The maximum Gasteiger partial charge on any atom is 0.316 e. The van der Waals surface area contributed by atoms with Crippen molar-refractivity contribution in [2.75, 3.05) is 0 Å². The molecule has 1 aromatic carbocycles. The van der Waals surface area contributed by atoms with Gasteiger partial charge in [-0.1, -0.05) is 19.1 Å². The Balaban J connectivity index is 1.70. The molecule has 4 nitrogen and oxygen atoms in total. The van der Waals surface area contributed by atoms with Gasteiger partial charge in [0, 0.05) is 23.8 Å². The molecule has 0 heterocycles. The molecule has 0 unspecified atom stereocenters. The maximum atomic E-state index is 12.9. The average Bonchev–Trinajstić information content (AvgIpc) is 2.90. The Kier molecular flexibility index (Phi) is 3.95. The summed E-state index contributed by atoms with van der Waals surface area (Å²) in [6.07, 6.45) is 4.85. The molecule has 0 bridgehead atoms. The second-order valence-corrected chi connectivity index (χ2v) is 9.43. The number of fused-ring (bicyclic) bond motifs is 5. The van der Waals surface area contributed by atoms with Crippen molar-refractivity contribution in [3.05, 3.63) is 35.4 Å². The van der Waals surface area contributed by atoms with E-state index >= 15 is 0 Å². The molecule has 0 spiro atoms. The summed E-state index contributed by atoms with van der Waals surface area (Å²) in [6, 6.07) is 5.37. The fourth-order valence-corrected chi connectivity index (χ4v) is 4.90. The van der Waals surface area contributed by atoms with Crippen LogP contribution in [-0.4, -0.2) is 17.5 Å². The highest BCUT2D eigenvalue weighted by molar-refractivity contribution is 6.06. The molecule has 27 heavy (non-hydrogen) atoms. The van der Waals surface area contributed by atoms with Crippen LogP contribution in [0.1, 0.15) is 69.3 Å². The Labute approximate surface area is 160 Å². The predicted octanol–water partition coefficient (Wildman–Crippen LogP) is 4.61. The van der Waals surface area contributed by atoms with Crippen LogP contribution in [0.3, 0.4) is 0 Å². The van der Waals surface area contributed by atoms with Gasteiger partial charge in [0.05, 0.1) is 5.41 Å². The largest absolute Gasteiger partial charge is 0.426 e. The van der Waals surface area contributed by atoms with E-state index in [4.69, 9.17) is 4.74 Å². The van der Waals surface area contributed by atoms with Gasteiger partial charge in [0.2, 0.25) is 0 Å². The summed E-state index contributed by atoms with van der Waals surface area (Å²) in [7, 11) is 0. The van der Waals surface area contributed by atoms with Crippen molar-refractivity contribution >= 4 is 23.1 Å². The lowest BCUT2D eigenvalue weighted by Gasteiger charge is -2.42. The van der Waals surface area contributed by atoms with Gasteiger partial charge < -0.3 is 4.74 Å². The highest BCUT2D eigenvalue weighted by Crippen LogP contribution is 2.57. The number of carbonyl (C=O) groups is 3. The van der Waals surface area contributed by atoms with E-state index in [2.05, 4.69) is 13.0 Å². The Hall–Kier alpha value is -2.23. The third-order valence-electron chi connectivity index (χ3n) is 6.60. The van der Waals surface area contributed by atoms with Gasteiger partial charge >= 0.3 is 5.97 Å². The fourth-order valence-electron chi connectivity index (χ4n) is 4.90. The number of allylic oxidation sites excluding steroid dienone is 2. The molecule has 3 atom stereocenters. The summed E-state index contributed by atoms with van der Waals surface area (Å²) in [4.78, 5) is 37.4. The van der Waals surface area contributed by atoms with Gasteiger partial charge in [0.25, 0.3) is 0 Å². The first-order chi connectivity index (χ1) is 12.6. The van der Waals surface area contributed by atoms with Crippen LogP contribution in [0.15, 0.2) is 24.3 Å². The highest BCUT2D eigenvalue weighted by atomic mass is 16.5. The van der Waals surface area contributed by atoms with Crippen molar-refractivity contribution in [2.24, 2.45) is 22.7 Å². The maximum absolute atomic E-state index is 12.9. The number of ketones is 2. The van der Waals surface area contributed by atoms with Crippen molar-refractivity contribution in [3.63, 3.8) is 0 Å². The molecule has 4 rings (SSSR count). The third-order valence-corrected chi connectivity index (χ3v) is 6.60. The summed E-state index contributed by atoms with van der Waals surface area (Å²) >= 11 is 0. The number of ether oxygens (including phenoxy) is 1. The SMILES string of the molecule is CC(C)(C)C(=O)Oc1ccc2c(c1)C(=O)C[C@@H]1C2=CC[C@]2(C)C(=O)CC[C@@H]12. The molecule has 0 saturated heterocycles. The number of rotatable bonds is 1. The van der Waals surface area contributed by atoms with Crippen LogP contribution in [0, 0.1) is 22.7 Å². The lowest BCUT2D eigenvalue weighted by atomic mass is 9.60. The van der Waals surface area contributed by atoms with Gasteiger partial charge in [-0.15, -0.1) is 0 Å². The first-order valence-corrected chi connectivity index (χ1v) is 9.74. The van der Waals surface area contributed by atoms with E-state index in [1.54, 1.807) is 32.9 Å². The van der Waals surface area contributed by atoms with E-state index < -0.39 is 5.41 Å². The van der Waals surface area contributed by atoms with Crippen LogP contribution < -0.4 is 4.74 Å². The molecule has 142 valence electrons. The standard InChI is InChI=1S/C23H26O4/c1-22(2,3)21(26)27-13-5-6-14-15-9-10-23(4)18(7-8-20(23)25)16(15)12-19(24)17(14)11-13/h5-6,9,11,16,18H,7-8,10,12H2,1-4H3/t16-,18+,23+/m1/s1. The minimum absolute atomic E-state index is 0.0735. The molecule has 1 fully saturated rings. The second-order valence-electron chi connectivity index (χ2n) is 9.43. The Morgan fingerprint density at radius 2 is 1.93 bits per heavy atom. The van der Waals surface area contributed by atoms with E-state index in [9.17, 15) is 14.4 Å². The van der Waals surface area contributed by atoms with Gasteiger partial charge in [0.1, 0.15) is 11.5 Å². The summed E-state index contributed by atoms with van der Waals surface area (Å²) in [5.41, 5.74) is 1.85. The molecule has 0 aromatic heterocycles. The molecule has 0 N–H and O–H groups in total. The zero-order valence-electron chi connectivity index (χ0n) is 16.4. The van der Waals surface area contributed by atoms with Crippen molar-refractivity contribution in [2.45, 2.75) is 53.4 Å². The van der Waals surface area contributed by atoms with E-state index in [0.29, 0.717) is 29.9 Å². The Morgan fingerprint density at radius 3 is 2.63 bits per heavy atom. The number of carbonyl (C=O) groups excluding carboxylic acids is 3. The first kappa shape index (κ1) is 18.1. The van der Waals surface area contributed by atoms with E-state index in [1.807, 2.05) is 6.07 Å². The summed E-state index contributed by atoms with van der Waals surface area (Å²) in [5.74, 6) is 0.882. The molecule has 0 radical (unpaired) electrons. The smallest absolute Gasteiger partial charge is 0.316 e. The van der Waals surface area contributed by atoms with Crippen molar-refractivity contribution < 1.29 is 19.1 Å². The normalized spacial score (nSPS) is 29.6. The van der Waals surface area contributed by atoms with E-state index in [0.717, 1.165) is 18.4 Å². The molecular formula is C23H26O4. The fraction of sp³-hybridized carbons (Fsp3) is 0.522. The summed E-state index contributed by atoms with van der Waals surface area (Å²) in [6.45, 7) is 7.47. The monoisotopic (exact) mass is 366 g/mol. The van der Waals surface area contributed by atoms with Crippen LogP contribution in [0.5, 0.6) is 5.75 Å². The zero-order valence-corrected chi connectivity index (χ0v) is 16.4. The molecule has 0 amide bonds. The number of hydrogen-bond donors (Lipinski definition) is 0. The number of hydrogen-bond acceptors (Lipinski definition) is 4. The van der Waals surface area contributed by atoms with Gasteiger partial charge in [-0.05, 0) is 68.7 Å². The minimum Gasteiger partial charge on any atom is -0.426 e. The summed E-state index contributed by atoms with van der Waals surface area (Å²) in [5, 5.41) is 0. The van der Waals surface area contributed by atoms with E-state index in [-0.39, 0.29) is 29.0 Å². The molecule has 3 aliphatic rings. The first-order valence-electron chi connectivity index (χ1n) is 9.74. The molecular weight excluding hydrogens is 340 g/mol. The zero-order chi connectivity index (χ0) is 19.6. The van der Waals surface area contributed by atoms with Crippen LogP contribution >= 0.6 is 0 Å². The van der Waals surface area contributed by atoms with Crippen molar-refractivity contribution in [1.82, 2.24) is 0 Å². The van der Waals surface area contributed by atoms with Crippen LogP contribution in [0.2, 0.25) is 0 Å². The quantitative estimate of drug-likeness (QED) is 0.538. The van der Waals surface area contributed by atoms with Crippen LogP contribution in [0.4, 0.5) is 0 Å². The highest BCUT2D eigenvalue weighted by Gasteiger charge is 2.53. The second kappa shape index (κ2) is 5.88. The van der Waals surface area contributed by atoms with Crippen molar-refractivity contribution in [1.29, 1.82) is 0 Å². The van der Waals surface area contributed by atoms with Crippen LogP contribution in [-0.2, 0) is 9.59 Å². The number of esters is 1. The van der Waals surface area contributed by atoms with Gasteiger partial charge in [-0.3, -0.25) is 14.4 Å². The number of Topliss-reactive ketones (excluding diaryl/α,β-unsaturated/α-hetero) is 2. The third kappa shape index (κ3) is 2.77. The molecule has 1 saturated carbocycles. The van der Waals surface area contributed by atoms with Crippen molar-refractivity contribution in [3.8, 4) is 5.75 Å². The van der Waals surface area contributed by atoms with Gasteiger partial charge in [0.15, 0.2) is 5.78 Å². The van der Waals surface area contributed by atoms with Gasteiger partial charge in [-0.25, -0.2) is 0 Å². The van der Waals surface area contributed by atoms with Gasteiger partial charge in [-0.2, -0.15) is 0 Å². The lowest BCUT2D eigenvalue weighted by Crippen LogP contribution is -2.39. The molecule has 1 aromatic rings. The van der Waals surface area contributed by atoms with Crippen LogP contribution in [0.25, 0.3) is 5.57 Å². The molecule has 4 heteroatoms. The topological polar surface area (TPSA) is 60.4 Å². The molecule has 3 aliphatic carbocycles.